The van der Waals surface area contributed by atoms with Crippen molar-refractivity contribution in [2.75, 3.05) is 0 Å². The summed E-state index contributed by atoms with van der Waals surface area (Å²) in [6, 6.07) is 2.54. The Balaban J connectivity index is 5.30. The van der Waals surface area contributed by atoms with Gasteiger partial charge in [0.1, 0.15) is 0 Å². The quantitative estimate of drug-likeness (QED) is 0.577. The van der Waals surface area contributed by atoms with Crippen LogP contribution in [0.4, 0.5) is 0 Å². The summed E-state index contributed by atoms with van der Waals surface area (Å²) in [5, 5.41) is 10.1. The van der Waals surface area contributed by atoms with Crippen LogP contribution in [0.15, 0.2) is 0 Å². The van der Waals surface area contributed by atoms with E-state index >= 15 is 0 Å². The molecule has 0 radical (unpaired) electrons. The van der Waals surface area contributed by atoms with Gasteiger partial charge in [0.2, 0.25) is 0 Å². The van der Waals surface area contributed by atoms with Gasteiger partial charge in [0.15, 0.2) is 0 Å². The molecule has 0 aromatic heterocycles. The van der Waals surface area contributed by atoms with E-state index in [0.29, 0.717) is 0 Å². The molecule has 0 aliphatic rings. The van der Waals surface area contributed by atoms with Gasteiger partial charge < -0.3 is 0 Å². The summed E-state index contributed by atoms with van der Waals surface area (Å²) in [7, 11) is 0. The van der Waals surface area contributed by atoms with Crippen LogP contribution in [0.5, 0.6) is 0 Å². The Labute approximate surface area is 105 Å². The van der Waals surface area contributed by atoms with E-state index < -0.39 is 13.3 Å². The summed E-state index contributed by atoms with van der Waals surface area (Å²) in [5.41, 5.74) is 0. The van der Waals surface area contributed by atoms with Gasteiger partial charge in [-0.3, -0.25) is 0 Å². The maximum atomic E-state index is 9.23. The van der Waals surface area contributed by atoms with Crippen molar-refractivity contribution in [3.8, 4) is 6.07 Å². The Morgan fingerprint density at radius 2 is 1.19 bits per heavy atom. The number of rotatable bonds is 7. The van der Waals surface area contributed by atoms with Crippen molar-refractivity contribution in [1.29, 1.82) is 5.26 Å². The van der Waals surface area contributed by atoms with Crippen LogP contribution in [-0.4, -0.2) is 13.3 Å². The Bertz CT molecular complexity index is 205. The third-order valence-corrected chi connectivity index (χ3v) is 20.7. The molecule has 94 valence electrons. The van der Waals surface area contributed by atoms with Crippen molar-refractivity contribution in [2.24, 2.45) is 0 Å². The Hall–Kier alpha value is 0.0329. The minimum absolute atomic E-state index is 0.824. The van der Waals surface area contributed by atoms with Crippen molar-refractivity contribution >= 4 is 13.3 Å². The van der Waals surface area contributed by atoms with Gasteiger partial charge in [-0.05, 0) is 0 Å². The van der Waals surface area contributed by atoms with Crippen molar-refractivity contribution in [2.45, 2.75) is 80.3 Å². The fourth-order valence-electron chi connectivity index (χ4n) is 3.26. The molecular weight excluding hydrogens is 255 g/mol. The molecule has 3 unspecified atom stereocenters. The first-order chi connectivity index (χ1) is 7.50. The number of hydrogen-bond donors (Lipinski definition) is 0. The predicted molar refractivity (Wildman–Crippen MR) is 75.3 cm³/mol. The third-order valence-electron chi connectivity index (χ3n) is 4.97. The zero-order valence-corrected chi connectivity index (χ0v) is 14.1. The normalized spacial score (nSPS) is 20.6. The van der Waals surface area contributed by atoms with Gasteiger partial charge in [-0.1, -0.05) is 0 Å². The van der Waals surface area contributed by atoms with Crippen molar-refractivity contribution < 1.29 is 0 Å². The second kappa shape index (κ2) is 7.38. The van der Waals surface area contributed by atoms with Crippen LogP contribution in [0.3, 0.4) is 0 Å². The van der Waals surface area contributed by atoms with Crippen LogP contribution in [0.1, 0.15) is 60.8 Å². The molecule has 16 heavy (non-hydrogen) atoms. The fraction of sp³-hybridized carbons (Fsp3) is 0.929. The minimum atomic E-state index is -2.06. The zero-order chi connectivity index (χ0) is 12.8. The molecule has 0 fully saturated rings. The second-order valence-corrected chi connectivity index (χ2v) is 17.0. The van der Waals surface area contributed by atoms with Crippen molar-refractivity contribution in [3.05, 3.63) is 0 Å². The molecule has 1 nitrogen and oxygen atoms in total. The number of nitrogens with zero attached hydrogens (tertiary/aromatic N) is 1. The summed E-state index contributed by atoms with van der Waals surface area (Å²) in [6.45, 7) is 14.1. The monoisotopic (exact) mass is 285 g/mol. The van der Waals surface area contributed by atoms with Crippen LogP contribution >= 0.6 is 0 Å². The van der Waals surface area contributed by atoms with Crippen LogP contribution in [-0.2, 0) is 0 Å². The standard InChI is InChI=1S/C14H29GeN/c1-7-12(4)15(10-11-16,13(5)8-2)14(6)9-3/h12-14H,7-10H2,1-6H3. The molecule has 0 aromatic carbocycles. The molecule has 0 aromatic rings. The molecule has 0 heterocycles. The topological polar surface area (TPSA) is 23.8 Å². The third kappa shape index (κ3) is 3.03. The molecule has 2 heteroatoms. The van der Waals surface area contributed by atoms with Crippen molar-refractivity contribution in [1.82, 2.24) is 0 Å². The van der Waals surface area contributed by atoms with E-state index in [2.05, 4.69) is 47.6 Å². The molecule has 0 bridgehead atoms. The van der Waals surface area contributed by atoms with Gasteiger partial charge in [-0.25, -0.2) is 0 Å². The maximum absolute atomic E-state index is 9.23. The molecule has 0 saturated carbocycles. The Kier molecular flexibility index (Phi) is 7.39. The van der Waals surface area contributed by atoms with Crippen LogP contribution in [0, 0.1) is 11.3 Å². The van der Waals surface area contributed by atoms with Gasteiger partial charge in [0, 0.05) is 0 Å². The predicted octanol–water partition coefficient (Wildman–Crippen LogP) is 5.36. The molecule has 0 amide bonds. The fourth-order valence-corrected chi connectivity index (χ4v) is 16.9. The van der Waals surface area contributed by atoms with Gasteiger partial charge in [0.05, 0.1) is 0 Å². The molecule has 0 spiro atoms. The van der Waals surface area contributed by atoms with Crippen LogP contribution in [0.2, 0.25) is 19.5 Å². The van der Waals surface area contributed by atoms with E-state index in [1.54, 1.807) is 0 Å². The number of nitriles is 1. The Morgan fingerprint density at radius 1 is 0.875 bits per heavy atom. The summed E-state index contributed by atoms with van der Waals surface area (Å²) >= 11 is -2.06. The van der Waals surface area contributed by atoms with Gasteiger partial charge in [-0.15, -0.1) is 0 Å². The average molecular weight is 284 g/mol. The average Bonchev–Trinajstić information content (AvgIpc) is 2.32. The summed E-state index contributed by atoms with van der Waals surface area (Å²) < 4.78 is 2.47. The Morgan fingerprint density at radius 3 is 1.38 bits per heavy atom. The van der Waals surface area contributed by atoms with Crippen LogP contribution in [0.25, 0.3) is 0 Å². The molecule has 0 N–H and O–H groups in total. The molecule has 0 rings (SSSR count). The molecular formula is C14H29GeN. The molecule has 0 aliphatic heterocycles. The first-order valence-electron chi connectivity index (χ1n) is 6.87. The van der Waals surface area contributed by atoms with E-state index in [1.807, 2.05) is 0 Å². The van der Waals surface area contributed by atoms with Gasteiger partial charge in [0.25, 0.3) is 0 Å². The first-order valence-corrected chi connectivity index (χ1v) is 12.0. The molecule has 0 aliphatic carbocycles. The molecule has 3 atom stereocenters. The van der Waals surface area contributed by atoms with Crippen LogP contribution < -0.4 is 0 Å². The second-order valence-electron chi connectivity index (χ2n) is 5.38. The van der Waals surface area contributed by atoms with E-state index in [1.165, 1.54) is 19.3 Å². The van der Waals surface area contributed by atoms with E-state index in [4.69, 9.17) is 0 Å². The van der Waals surface area contributed by atoms with Gasteiger partial charge >= 0.3 is 105 Å². The van der Waals surface area contributed by atoms with Gasteiger partial charge in [-0.2, -0.15) is 0 Å². The zero-order valence-electron chi connectivity index (χ0n) is 12.0. The summed E-state index contributed by atoms with van der Waals surface area (Å²) in [6.07, 6.45) is 3.78. The summed E-state index contributed by atoms with van der Waals surface area (Å²) in [5.74, 6) is 0. The van der Waals surface area contributed by atoms with E-state index in [9.17, 15) is 5.26 Å². The van der Waals surface area contributed by atoms with E-state index in [-0.39, 0.29) is 0 Å². The first kappa shape index (κ1) is 16.0. The molecule has 0 saturated heterocycles. The SMILES string of the molecule is CC[CH](C)[Ge]([CH2]C#N)([CH](C)CC)[CH](C)CC. The summed E-state index contributed by atoms with van der Waals surface area (Å²) in [4.78, 5) is 0. The van der Waals surface area contributed by atoms with E-state index in [0.717, 1.165) is 19.5 Å². The van der Waals surface area contributed by atoms with Crippen molar-refractivity contribution in [3.63, 3.8) is 0 Å². The number of hydrogen-bond acceptors (Lipinski definition) is 1.